The third-order valence-corrected chi connectivity index (χ3v) is 3.20. The van der Waals surface area contributed by atoms with E-state index in [0.29, 0.717) is 5.06 Å². The molecule has 0 bridgehead atoms. The topological polar surface area (TPSA) is 110 Å². The maximum atomic E-state index is 11.2. The number of nitrogens with one attached hydrogen (secondary N) is 1. The van der Waals surface area contributed by atoms with Gasteiger partial charge in [0, 0.05) is 19.6 Å². The summed E-state index contributed by atoms with van der Waals surface area (Å²) in [5, 5.41) is 21.3. The van der Waals surface area contributed by atoms with Crippen molar-refractivity contribution in [3.63, 3.8) is 0 Å². The van der Waals surface area contributed by atoms with Crippen LogP contribution in [-0.4, -0.2) is 58.3 Å². The first-order valence-electron chi connectivity index (χ1n) is 4.90. The van der Waals surface area contributed by atoms with Crippen LogP contribution in [0.1, 0.15) is 6.42 Å². The Kier molecular flexibility index (Phi) is 7.04. The van der Waals surface area contributed by atoms with Gasteiger partial charge in [0.2, 0.25) is 7.37 Å². The predicted octanol–water partition coefficient (Wildman–Crippen LogP) is -0.964. The number of aliphatic hydroxyl groups excluding tert-OH is 1. The van der Waals surface area contributed by atoms with Crippen LogP contribution in [-0.2, 0) is 9.36 Å². The number of nitrogens with zero attached hydrogens (tertiary/aromatic N) is 1. The number of rotatable bonds is 7. The lowest BCUT2D eigenvalue weighted by molar-refractivity contribution is -0.163. The highest BCUT2D eigenvalue weighted by atomic mass is 31.2. The number of terminal acetylenes is 1. The number of hydroxylamine groups is 2. The van der Waals surface area contributed by atoms with Crippen LogP contribution < -0.4 is 5.32 Å². The molecule has 0 aromatic rings. The van der Waals surface area contributed by atoms with E-state index < -0.39 is 19.1 Å². The van der Waals surface area contributed by atoms with Crippen molar-refractivity contribution in [1.82, 2.24) is 10.4 Å². The van der Waals surface area contributed by atoms with Crippen LogP contribution in [0.15, 0.2) is 0 Å². The average molecular weight is 264 g/mol. The summed E-state index contributed by atoms with van der Waals surface area (Å²) >= 11 is 0. The minimum Gasteiger partial charge on any atom is -0.382 e. The van der Waals surface area contributed by atoms with Gasteiger partial charge >= 0.3 is 0 Å². The summed E-state index contributed by atoms with van der Waals surface area (Å²) in [6.07, 6.45) is 5.19. The molecule has 17 heavy (non-hydrogen) atoms. The molecule has 0 radical (unpaired) electrons. The molecule has 0 aliphatic rings. The molecule has 98 valence electrons. The lowest BCUT2D eigenvalue weighted by Crippen LogP contribution is -2.39. The molecule has 0 aliphatic carbocycles. The summed E-state index contributed by atoms with van der Waals surface area (Å²) < 4.78 is 11.0. The lowest BCUT2D eigenvalue weighted by atomic mass is 10.4. The van der Waals surface area contributed by atoms with Crippen LogP contribution in [0.3, 0.4) is 0 Å². The molecule has 0 aromatic carbocycles. The van der Waals surface area contributed by atoms with Crippen LogP contribution in [0.2, 0.25) is 0 Å². The summed E-state index contributed by atoms with van der Waals surface area (Å²) in [4.78, 5) is 20.2. The summed E-state index contributed by atoms with van der Waals surface area (Å²) in [6, 6.07) is 0. The van der Waals surface area contributed by atoms with Gasteiger partial charge in [-0.2, -0.15) is 0 Å². The van der Waals surface area contributed by atoms with Crippen LogP contribution in [0.4, 0.5) is 0 Å². The Labute approximate surface area is 99.8 Å². The van der Waals surface area contributed by atoms with E-state index in [2.05, 4.69) is 11.2 Å². The van der Waals surface area contributed by atoms with E-state index in [1.165, 1.54) is 0 Å². The van der Waals surface area contributed by atoms with Gasteiger partial charge in [-0.15, -0.1) is 12.3 Å². The van der Waals surface area contributed by atoms with Gasteiger partial charge in [0.1, 0.15) is 5.85 Å². The quantitative estimate of drug-likeness (QED) is 0.204. The highest BCUT2D eigenvalue weighted by molar-refractivity contribution is 7.57. The zero-order valence-electron chi connectivity index (χ0n) is 9.54. The Morgan fingerprint density at radius 2 is 2.24 bits per heavy atom. The molecule has 0 saturated heterocycles. The Morgan fingerprint density at radius 1 is 1.65 bits per heavy atom. The molecule has 2 atom stereocenters. The first-order valence-corrected chi connectivity index (χ1v) is 7.08. The molecule has 4 N–H and O–H groups in total. The van der Waals surface area contributed by atoms with Crippen molar-refractivity contribution in [2.45, 2.75) is 12.3 Å². The first kappa shape index (κ1) is 16.1. The normalized spacial score (nSPS) is 15.7. The molecule has 0 fully saturated rings. The van der Waals surface area contributed by atoms with E-state index in [0.717, 1.165) is 6.66 Å². The summed E-state index contributed by atoms with van der Waals surface area (Å²) in [5.41, 5.74) is 0. The largest absolute Gasteiger partial charge is 0.382 e. The highest BCUT2D eigenvalue weighted by Gasteiger charge is 2.22. The Morgan fingerprint density at radius 3 is 2.71 bits per heavy atom. The third kappa shape index (κ3) is 7.10. The van der Waals surface area contributed by atoms with Gasteiger partial charge in [0.15, 0.2) is 0 Å². The first-order chi connectivity index (χ1) is 7.79. The Bertz CT molecular complexity index is 335. The van der Waals surface area contributed by atoms with Crippen molar-refractivity contribution in [2.75, 3.05) is 26.3 Å². The molecule has 0 heterocycles. The summed E-state index contributed by atoms with van der Waals surface area (Å²) in [5.74, 6) is 0.198. The van der Waals surface area contributed by atoms with E-state index in [-0.39, 0.29) is 26.1 Å². The third-order valence-electron chi connectivity index (χ3n) is 1.91. The lowest BCUT2D eigenvalue weighted by Gasteiger charge is -2.16. The maximum absolute atomic E-state index is 11.2. The van der Waals surface area contributed by atoms with Crippen molar-refractivity contribution >= 4 is 13.3 Å². The second-order valence-corrected chi connectivity index (χ2v) is 6.01. The van der Waals surface area contributed by atoms with E-state index in [1.807, 2.05) is 0 Å². The number of carbonyl (C=O) groups is 1. The Hall–Kier alpha value is -0.900. The number of hydrogen-bond donors (Lipinski definition) is 4. The number of hydrogen-bond acceptors (Lipinski definition) is 5. The van der Waals surface area contributed by atoms with E-state index in [1.54, 1.807) is 0 Å². The summed E-state index contributed by atoms with van der Waals surface area (Å²) in [6.45, 7) is 0.579. The van der Waals surface area contributed by atoms with Crippen molar-refractivity contribution in [2.24, 2.45) is 0 Å². The molecule has 1 amide bonds. The van der Waals surface area contributed by atoms with E-state index >= 15 is 0 Å². The molecule has 0 aliphatic heterocycles. The number of amides is 1. The van der Waals surface area contributed by atoms with Crippen molar-refractivity contribution in [3.05, 3.63) is 0 Å². The fraction of sp³-hybridized carbons (Fsp3) is 0.667. The van der Waals surface area contributed by atoms with Gasteiger partial charge in [-0.05, 0) is 0 Å². The number of aliphatic hydroxyl groups is 1. The van der Waals surface area contributed by atoms with Gasteiger partial charge in [-0.25, -0.2) is 5.06 Å². The molecular weight excluding hydrogens is 247 g/mol. The molecule has 0 aromatic heterocycles. The molecule has 0 rings (SSSR count). The van der Waals surface area contributed by atoms with Gasteiger partial charge in [-0.1, -0.05) is 0 Å². The van der Waals surface area contributed by atoms with Crippen LogP contribution in [0, 0.1) is 12.3 Å². The SMILES string of the molecule is C#CCCN(O)C(=O)CNCC(O)P(C)(=O)O. The Balaban J connectivity index is 3.86. The van der Waals surface area contributed by atoms with Crippen molar-refractivity contribution in [1.29, 1.82) is 0 Å². The maximum Gasteiger partial charge on any atom is 0.259 e. The van der Waals surface area contributed by atoms with Crippen LogP contribution in [0.25, 0.3) is 0 Å². The van der Waals surface area contributed by atoms with Gasteiger partial charge < -0.3 is 15.3 Å². The van der Waals surface area contributed by atoms with Crippen LogP contribution >= 0.6 is 7.37 Å². The van der Waals surface area contributed by atoms with Gasteiger partial charge in [-0.3, -0.25) is 14.6 Å². The second-order valence-electron chi connectivity index (χ2n) is 3.53. The number of carbonyl (C=O) groups excluding carboxylic acids is 1. The molecule has 8 heteroatoms. The van der Waals surface area contributed by atoms with Gasteiger partial charge in [0.05, 0.1) is 13.1 Å². The zero-order valence-corrected chi connectivity index (χ0v) is 10.4. The second kappa shape index (κ2) is 7.43. The fourth-order valence-corrected chi connectivity index (χ4v) is 1.33. The summed E-state index contributed by atoms with van der Waals surface area (Å²) in [7, 11) is -3.58. The minimum absolute atomic E-state index is 0.0197. The molecule has 0 spiro atoms. The molecular formula is C9H17N2O5P. The monoisotopic (exact) mass is 264 g/mol. The molecule has 7 nitrogen and oxygen atoms in total. The minimum atomic E-state index is -3.58. The standard InChI is InChI=1S/C9H17N2O5P/c1-3-4-5-11(14)8(12)6-10-7-9(13)17(2,15)16/h1,9-10,13-14H,4-7H2,2H3,(H,15,16). The predicted molar refractivity (Wildman–Crippen MR) is 61.6 cm³/mol. The van der Waals surface area contributed by atoms with Crippen molar-refractivity contribution in [3.8, 4) is 12.3 Å². The highest BCUT2D eigenvalue weighted by Crippen LogP contribution is 2.39. The zero-order chi connectivity index (χ0) is 13.5. The molecule has 2 unspecified atom stereocenters. The average Bonchev–Trinajstić information content (AvgIpc) is 2.24. The molecule has 0 saturated carbocycles. The van der Waals surface area contributed by atoms with Gasteiger partial charge in [0.25, 0.3) is 5.91 Å². The van der Waals surface area contributed by atoms with Crippen LogP contribution in [0.5, 0.6) is 0 Å². The van der Waals surface area contributed by atoms with E-state index in [9.17, 15) is 14.5 Å². The van der Waals surface area contributed by atoms with E-state index in [4.69, 9.17) is 16.5 Å². The fourth-order valence-electron chi connectivity index (χ4n) is 0.864. The smallest absolute Gasteiger partial charge is 0.259 e. The van der Waals surface area contributed by atoms with Crippen molar-refractivity contribution < 1.29 is 24.6 Å².